The van der Waals surface area contributed by atoms with Crippen LogP contribution >= 0.6 is 0 Å². The second kappa shape index (κ2) is 15.3. The van der Waals surface area contributed by atoms with Crippen molar-refractivity contribution in [1.82, 2.24) is 5.32 Å². The fourth-order valence-corrected chi connectivity index (χ4v) is 3.94. The quantitative estimate of drug-likeness (QED) is 0.273. The van der Waals surface area contributed by atoms with Crippen molar-refractivity contribution in [3.63, 3.8) is 0 Å². The number of unbranched alkanes of at least 4 members (excludes halogenated alkanes) is 10. The highest BCUT2D eigenvalue weighted by Crippen LogP contribution is 2.28. The zero-order valence-corrected chi connectivity index (χ0v) is 19.0. The smallest absolute Gasteiger partial charge is 0.124 e. The van der Waals surface area contributed by atoms with E-state index in [9.17, 15) is 0 Å². The van der Waals surface area contributed by atoms with Gasteiger partial charge in [0.1, 0.15) is 5.75 Å². The minimum Gasteiger partial charge on any atom is -0.493 e. The first-order chi connectivity index (χ1) is 14.4. The van der Waals surface area contributed by atoms with E-state index in [1.165, 1.54) is 87.0 Å². The van der Waals surface area contributed by atoms with E-state index in [0.29, 0.717) is 0 Å². The summed E-state index contributed by atoms with van der Waals surface area (Å²) >= 11 is 0. The van der Waals surface area contributed by atoms with Gasteiger partial charge < -0.3 is 10.1 Å². The molecule has 0 amide bonds. The van der Waals surface area contributed by atoms with Gasteiger partial charge in [0.2, 0.25) is 0 Å². The van der Waals surface area contributed by atoms with Crippen molar-refractivity contribution in [2.75, 3.05) is 13.2 Å². The monoisotopic (exact) mass is 397 g/mol. The van der Waals surface area contributed by atoms with Gasteiger partial charge in [-0.2, -0.15) is 0 Å². The molecule has 0 saturated heterocycles. The van der Waals surface area contributed by atoms with Crippen LogP contribution in [-0.4, -0.2) is 13.2 Å². The van der Waals surface area contributed by atoms with Crippen molar-refractivity contribution >= 4 is 10.8 Å². The number of nitrogens with one attached hydrogen (secondary N) is 1. The van der Waals surface area contributed by atoms with Crippen molar-refractivity contribution in [1.29, 1.82) is 0 Å². The van der Waals surface area contributed by atoms with Crippen molar-refractivity contribution < 1.29 is 4.74 Å². The van der Waals surface area contributed by atoms with Gasteiger partial charge in [-0.05, 0) is 36.2 Å². The third kappa shape index (κ3) is 9.21. The molecule has 0 radical (unpaired) electrons. The maximum atomic E-state index is 6.23. The first kappa shape index (κ1) is 23.7. The molecule has 29 heavy (non-hydrogen) atoms. The second-order valence-corrected chi connectivity index (χ2v) is 8.32. The third-order valence-corrected chi connectivity index (χ3v) is 5.76. The van der Waals surface area contributed by atoms with Gasteiger partial charge in [-0.1, -0.05) is 108 Å². The molecule has 0 aliphatic carbocycles. The van der Waals surface area contributed by atoms with Gasteiger partial charge >= 0.3 is 0 Å². The van der Waals surface area contributed by atoms with Crippen LogP contribution in [0, 0.1) is 0 Å². The highest BCUT2D eigenvalue weighted by Gasteiger charge is 2.09. The molecular formula is C27H43NO. The third-order valence-electron chi connectivity index (χ3n) is 5.76. The zero-order chi connectivity index (χ0) is 20.6. The molecule has 2 nitrogen and oxygen atoms in total. The van der Waals surface area contributed by atoms with E-state index in [4.69, 9.17) is 4.74 Å². The standard InChI is InChI=1S/C27H43NO/c1-3-5-7-9-11-15-21-28-23-26-25-18-14-13-17-24(25)19-20-27(26)29-22-16-12-10-8-6-4-2/h13-14,17-20,28H,3-12,15-16,21-23H2,1-2H3. The summed E-state index contributed by atoms with van der Waals surface area (Å²) in [5.74, 6) is 1.06. The molecular weight excluding hydrogens is 354 g/mol. The van der Waals surface area contributed by atoms with Crippen LogP contribution in [0.3, 0.4) is 0 Å². The van der Waals surface area contributed by atoms with Gasteiger partial charge in [-0.3, -0.25) is 0 Å². The lowest BCUT2D eigenvalue weighted by Gasteiger charge is -2.15. The molecule has 1 N–H and O–H groups in total. The Bertz CT molecular complexity index is 667. The van der Waals surface area contributed by atoms with Crippen LogP contribution in [0.15, 0.2) is 36.4 Å². The Morgan fingerprint density at radius 3 is 2.10 bits per heavy atom. The van der Waals surface area contributed by atoms with Crippen LogP contribution in [-0.2, 0) is 6.54 Å². The first-order valence-corrected chi connectivity index (χ1v) is 12.2. The van der Waals surface area contributed by atoms with E-state index in [0.717, 1.165) is 31.9 Å². The Labute approximate surface area is 179 Å². The molecule has 0 spiro atoms. The molecule has 0 aliphatic heterocycles. The zero-order valence-electron chi connectivity index (χ0n) is 19.0. The minimum atomic E-state index is 0.828. The molecule has 0 aromatic heterocycles. The predicted octanol–water partition coefficient (Wildman–Crippen LogP) is 8.03. The average Bonchev–Trinajstić information content (AvgIpc) is 2.75. The highest BCUT2D eigenvalue weighted by molar-refractivity contribution is 5.87. The largest absolute Gasteiger partial charge is 0.493 e. The summed E-state index contributed by atoms with van der Waals surface area (Å²) in [4.78, 5) is 0. The molecule has 0 aliphatic rings. The molecule has 0 bridgehead atoms. The van der Waals surface area contributed by atoms with Crippen LogP contribution in [0.4, 0.5) is 0 Å². The number of benzene rings is 2. The summed E-state index contributed by atoms with van der Waals surface area (Å²) in [6, 6.07) is 13.0. The average molecular weight is 398 g/mol. The van der Waals surface area contributed by atoms with Crippen molar-refractivity contribution in [3.8, 4) is 5.75 Å². The molecule has 0 heterocycles. The topological polar surface area (TPSA) is 21.3 Å². The predicted molar refractivity (Wildman–Crippen MR) is 128 cm³/mol. The Kier molecular flexibility index (Phi) is 12.5. The minimum absolute atomic E-state index is 0.828. The van der Waals surface area contributed by atoms with E-state index in [2.05, 4.69) is 55.6 Å². The van der Waals surface area contributed by atoms with Gasteiger partial charge in [0.05, 0.1) is 6.61 Å². The lowest BCUT2D eigenvalue weighted by molar-refractivity contribution is 0.301. The second-order valence-electron chi connectivity index (χ2n) is 8.32. The summed E-state index contributed by atoms with van der Waals surface area (Å²) in [6.45, 7) is 7.35. The Hall–Kier alpha value is -1.54. The molecule has 2 rings (SSSR count). The van der Waals surface area contributed by atoms with E-state index in [-0.39, 0.29) is 0 Å². The van der Waals surface area contributed by atoms with Crippen LogP contribution in [0.25, 0.3) is 10.8 Å². The molecule has 0 saturated carbocycles. The summed E-state index contributed by atoms with van der Waals surface area (Å²) in [7, 11) is 0. The van der Waals surface area contributed by atoms with Crippen LogP contribution in [0.2, 0.25) is 0 Å². The van der Waals surface area contributed by atoms with Crippen LogP contribution in [0.5, 0.6) is 5.75 Å². The summed E-state index contributed by atoms with van der Waals surface area (Å²) in [5, 5.41) is 6.29. The molecule has 0 fully saturated rings. The van der Waals surface area contributed by atoms with Gasteiger partial charge in [-0.15, -0.1) is 0 Å². The Morgan fingerprint density at radius 2 is 1.34 bits per heavy atom. The molecule has 2 aromatic rings. The van der Waals surface area contributed by atoms with Crippen molar-refractivity contribution in [3.05, 3.63) is 42.0 Å². The van der Waals surface area contributed by atoms with E-state index in [1.807, 2.05) is 0 Å². The summed E-state index contributed by atoms with van der Waals surface area (Å²) < 4.78 is 6.23. The first-order valence-electron chi connectivity index (χ1n) is 12.2. The highest BCUT2D eigenvalue weighted by atomic mass is 16.5. The number of rotatable bonds is 17. The van der Waals surface area contributed by atoms with E-state index < -0.39 is 0 Å². The van der Waals surface area contributed by atoms with Gasteiger partial charge in [0.15, 0.2) is 0 Å². The normalized spacial score (nSPS) is 11.2. The number of fused-ring (bicyclic) bond motifs is 1. The van der Waals surface area contributed by atoms with Crippen molar-refractivity contribution in [2.24, 2.45) is 0 Å². The van der Waals surface area contributed by atoms with Crippen LogP contribution < -0.4 is 10.1 Å². The van der Waals surface area contributed by atoms with Gasteiger partial charge in [-0.25, -0.2) is 0 Å². The van der Waals surface area contributed by atoms with Gasteiger partial charge in [0.25, 0.3) is 0 Å². The molecule has 2 aromatic carbocycles. The lowest BCUT2D eigenvalue weighted by Crippen LogP contribution is -2.16. The van der Waals surface area contributed by atoms with Crippen LogP contribution in [0.1, 0.15) is 96.5 Å². The molecule has 0 atom stereocenters. The molecule has 2 heteroatoms. The van der Waals surface area contributed by atoms with Crippen molar-refractivity contribution in [2.45, 2.75) is 97.4 Å². The molecule has 162 valence electrons. The number of hydrogen-bond acceptors (Lipinski definition) is 2. The summed E-state index contributed by atoms with van der Waals surface area (Å²) in [6.07, 6.45) is 15.9. The fourth-order valence-electron chi connectivity index (χ4n) is 3.94. The fraction of sp³-hybridized carbons (Fsp3) is 0.630. The maximum absolute atomic E-state index is 6.23. The SMILES string of the molecule is CCCCCCCCNCc1c(OCCCCCCCC)ccc2ccccc12. The lowest BCUT2D eigenvalue weighted by atomic mass is 10.0. The van der Waals surface area contributed by atoms with E-state index in [1.54, 1.807) is 0 Å². The molecule has 0 unspecified atom stereocenters. The number of ether oxygens (including phenoxy) is 1. The Morgan fingerprint density at radius 1 is 0.690 bits per heavy atom. The van der Waals surface area contributed by atoms with E-state index >= 15 is 0 Å². The number of hydrogen-bond donors (Lipinski definition) is 1. The summed E-state index contributed by atoms with van der Waals surface area (Å²) in [5.41, 5.74) is 1.32. The Balaban J connectivity index is 1.83. The maximum Gasteiger partial charge on any atom is 0.124 e. The van der Waals surface area contributed by atoms with Gasteiger partial charge in [0, 0.05) is 12.1 Å².